The predicted octanol–water partition coefficient (Wildman–Crippen LogP) is 4.16. The predicted molar refractivity (Wildman–Crippen MR) is 126 cm³/mol. The van der Waals surface area contributed by atoms with Gasteiger partial charge in [0.1, 0.15) is 5.69 Å². The second kappa shape index (κ2) is 7.93. The van der Waals surface area contributed by atoms with E-state index in [1.165, 1.54) is 12.8 Å². The first-order valence-electron chi connectivity index (χ1n) is 11.2. The Morgan fingerprint density at radius 2 is 1.88 bits per heavy atom. The summed E-state index contributed by atoms with van der Waals surface area (Å²) in [5.74, 6) is 1.46. The maximum atomic E-state index is 13.1. The maximum absolute atomic E-state index is 13.1. The van der Waals surface area contributed by atoms with Gasteiger partial charge in [0.2, 0.25) is 11.9 Å². The van der Waals surface area contributed by atoms with Crippen LogP contribution in [0, 0.1) is 5.41 Å². The van der Waals surface area contributed by atoms with Gasteiger partial charge in [-0.3, -0.25) is 4.79 Å². The van der Waals surface area contributed by atoms with Crippen LogP contribution in [0.3, 0.4) is 0 Å². The Kier molecular flexibility index (Phi) is 5.07. The second-order valence-electron chi connectivity index (χ2n) is 9.36. The molecule has 2 aliphatic rings. The van der Waals surface area contributed by atoms with Crippen molar-refractivity contribution in [3.63, 3.8) is 0 Å². The van der Waals surface area contributed by atoms with E-state index in [1.807, 2.05) is 55.9 Å². The Hall–Kier alpha value is -3.42. The molecule has 32 heavy (non-hydrogen) atoms. The van der Waals surface area contributed by atoms with E-state index < -0.39 is 5.41 Å². The van der Waals surface area contributed by atoms with Crippen LogP contribution in [0.1, 0.15) is 39.5 Å². The lowest BCUT2D eigenvalue weighted by Gasteiger charge is -2.34. The van der Waals surface area contributed by atoms with E-state index >= 15 is 0 Å². The van der Waals surface area contributed by atoms with Crippen LogP contribution in [-0.2, 0) is 4.79 Å². The van der Waals surface area contributed by atoms with Crippen LogP contribution in [0.4, 0.5) is 23.1 Å². The number of carbonyl (C=O) groups is 1. The molecule has 1 saturated carbocycles. The van der Waals surface area contributed by atoms with Crippen molar-refractivity contribution in [2.75, 3.05) is 28.7 Å². The van der Waals surface area contributed by atoms with Gasteiger partial charge in [-0.05, 0) is 51.0 Å². The van der Waals surface area contributed by atoms with E-state index in [2.05, 4.69) is 20.2 Å². The van der Waals surface area contributed by atoms with Crippen LogP contribution in [-0.4, -0.2) is 45.1 Å². The van der Waals surface area contributed by atoms with E-state index in [-0.39, 0.29) is 5.91 Å². The summed E-state index contributed by atoms with van der Waals surface area (Å²) >= 11 is 0. The van der Waals surface area contributed by atoms with Crippen LogP contribution in [0.25, 0.3) is 5.69 Å². The Morgan fingerprint density at radius 3 is 2.56 bits per heavy atom. The van der Waals surface area contributed by atoms with E-state index in [4.69, 9.17) is 4.98 Å². The number of nitrogens with one attached hydrogen (secondary N) is 1. The number of fused-ring (bicyclic) bond motifs is 1. The van der Waals surface area contributed by atoms with Crippen LogP contribution in [0.5, 0.6) is 0 Å². The first-order chi connectivity index (χ1) is 15.4. The zero-order valence-electron chi connectivity index (χ0n) is 18.8. The van der Waals surface area contributed by atoms with Crippen molar-refractivity contribution in [1.29, 1.82) is 0 Å². The number of rotatable bonds is 4. The number of anilines is 4. The average Bonchev–Trinajstić information content (AvgIpc) is 3.50. The van der Waals surface area contributed by atoms with Crippen LogP contribution in [0.2, 0.25) is 0 Å². The minimum Gasteiger partial charge on any atom is -0.351 e. The molecule has 0 saturated heterocycles. The Labute approximate surface area is 188 Å². The molecule has 1 N–H and O–H groups in total. The van der Waals surface area contributed by atoms with Crippen molar-refractivity contribution in [2.24, 2.45) is 5.41 Å². The number of amides is 1. The number of benzene rings is 1. The topological polar surface area (TPSA) is 79.2 Å². The van der Waals surface area contributed by atoms with Crippen LogP contribution >= 0.6 is 0 Å². The van der Waals surface area contributed by atoms with Crippen molar-refractivity contribution in [2.45, 2.75) is 45.6 Å². The quantitative estimate of drug-likeness (QED) is 0.668. The number of aromatic nitrogens is 4. The highest BCUT2D eigenvalue weighted by molar-refractivity contribution is 6.00. The normalized spacial score (nSPS) is 18.5. The average molecular weight is 432 g/mol. The minimum absolute atomic E-state index is 0.0960. The zero-order valence-corrected chi connectivity index (χ0v) is 18.8. The summed E-state index contributed by atoms with van der Waals surface area (Å²) in [5.41, 5.74) is 2.22. The SMILES string of the molecule is CN1C(=O)C(C)(C)CN(C2CCCC2)c2nc(Nc3ccc(-n4ccnc4)cc3)ncc21. The van der Waals surface area contributed by atoms with Crippen molar-refractivity contribution in [3.05, 3.63) is 49.2 Å². The van der Waals surface area contributed by atoms with Gasteiger partial charge in [-0.25, -0.2) is 9.97 Å². The molecular weight excluding hydrogens is 402 g/mol. The number of imidazole rings is 1. The highest BCUT2D eigenvalue weighted by Crippen LogP contribution is 2.40. The van der Waals surface area contributed by atoms with E-state index in [1.54, 1.807) is 23.6 Å². The van der Waals surface area contributed by atoms with E-state index in [0.29, 0.717) is 18.5 Å². The van der Waals surface area contributed by atoms with Crippen LogP contribution in [0.15, 0.2) is 49.2 Å². The minimum atomic E-state index is -0.491. The number of hydrogen-bond donors (Lipinski definition) is 1. The molecule has 0 spiro atoms. The first kappa shape index (κ1) is 20.5. The Balaban J connectivity index is 1.47. The lowest BCUT2D eigenvalue weighted by molar-refractivity contribution is -0.125. The summed E-state index contributed by atoms with van der Waals surface area (Å²) in [6.07, 6.45) is 11.9. The molecule has 166 valence electrons. The summed E-state index contributed by atoms with van der Waals surface area (Å²) in [4.78, 5) is 30.7. The zero-order chi connectivity index (χ0) is 22.3. The fraction of sp³-hybridized carbons (Fsp3) is 0.417. The fourth-order valence-corrected chi connectivity index (χ4v) is 4.78. The molecule has 2 aromatic heterocycles. The van der Waals surface area contributed by atoms with Gasteiger partial charge in [0.25, 0.3) is 0 Å². The van der Waals surface area contributed by atoms with Gasteiger partial charge in [0.05, 0.1) is 17.9 Å². The van der Waals surface area contributed by atoms with Gasteiger partial charge in [-0.2, -0.15) is 4.98 Å². The molecular formula is C24H29N7O. The molecule has 1 aliphatic carbocycles. The molecule has 0 atom stereocenters. The molecule has 0 bridgehead atoms. The van der Waals surface area contributed by atoms with Crippen molar-refractivity contribution in [3.8, 4) is 5.69 Å². The van der Waals surface area contributed by atoms with Gasteiger partial charge >= 0.3 is 0 Å². The third-order valence-corrected chi connectivity index (χ3v) is 6.52. The first-order valence-corrected chi connectivity index (χ1v) is 11.2. The molecule has 0 unspecified atom stereocenters. The monoisotopic (exact) mass is 431 g/mol. The standard InChI is InChI=1S/C24H29N7O/c1-24(2)15-31(19-6-4-5-7-19)21-20(29(3)22(24)32)14-26-23(28-21)27-17-8-10-18(11-9-17)30-13-12-25-16-30/h8-14,16,19H,4-7,15H2,1-3H3,(H,26,27,28). The molecule has 1 aromatic carbocycles. The molecule has 8 heteroatoms. The lowest BCUT2D eigenvalue weighted by Crippen LogP contribution is -2.45. The van der Waals surface area contributed by atoms with Gasteiger partial charge in [0, 0.05) is 43.4 Å². The number of hydrogen-bond acceptors (Lipinski definition) is 6. The summed E-state index contributed by atoms with van der Waals surface area (Å²) in [6, 6.07) is 8.44. The molecule has 8 nitrogen and oxygen atoms in total. The highest BCUT2D eigenvalue weighted by atomic mass is 16.2. The van der Waals surface area contributed by atoms with Gasteiger partial charge in [-0.15, -0.1) is 0 Å². The summed E-state index contributed by atoms with van der Waals surface area (Å²) in [5, 5.41) is 3.33. The van der Waals surface area contributed by atoms with Crippen LogP contribution < -0.4 is 15.1 Å². The van der Waals surface area contributed by atoms with Gasteiger partial charge < -0.3 is 19.7 Å². The molecule has 1 aliphatic heterocycles. The largest absolute Gasteiger partial charge is 0.351 e. The second-order valence-corrected chi connectivity index (χ2v) is 9.36. The fourth-order valence-electron chi connectivity index (χ4n) is 4.78. The third-order valence-electron chi connectivity index (χ3n) is 6.52. The lowest BCUT2D eigenvalue weighted by atomic mass is 9.91. The maximum Gasteiger partial charge on any atom is 0.234 e. The summed E-state index contributed by atoms with van der Waals surface area (Å²) < 4.78 is 1.96. The summed E-state index contributed by atoms with van der Waals surface area (Å²) in [6.45, 7) is 4.70. The molecule has 3 heterocycles. The number of nitrogens with zero attached hydrogens (tertiary/aromatic N) is 6. The molecule has 3 aromatic rings. The van der Waals surface area contributed by atoms with Crippen molar-refractivity contribution < 1.29 is 4.79 Å². The Bertz CT molecular complexity index is 1100. The smallest absolute Gasteiger partial charge is 0.234 e. The van der Waals surface area contributed by atoms with E-state index in [0.717, 1.165) is 35.7 Å². The third kappa shape index (κ3) is 3.70. The molecule has 0 radical (unpaired) electrons. The summed E-state index contributed by atoms with van der Waals surface area (Å²) in [7, 11) is 1.83. The van der Waals surface area contributed by atoms with Gasteiger partial charge in [-0.1, -0.05) is 12.8 Å². The van der Waals surface area contributed by atoms with Crippen molar-refractivity contribution in [1.82, 2.24) is 19.5 Å². The number of carbonyl (C=O) groups excluding carboxylic acids is 1. The highest BCUT2D eigenvalue weighted by Gasteiger charge is 2.41. The molecule has 5 rings (SSSR count). The van der Waals surface area contributed by atoms with E-state index in [9.17, 15) is 4.79 Å². The molecule has 1 amide bonds. The van der Waals surface area contributed by atoms with Gasteiger partial charge in [0.15, 0.2) is 5.82 Å². The molecule has 1 fully saturated rings. The van der Waals surface area contributed by atoms with Crippen molar-refractivity contribution >= 4 is 29.0 Å². The Morgan fingerprint density at radius 1 is 1.12 bits per heavy atom.